The van der Waals surface area contributed by atoms with Crippen LogP contribution in [0, 0.1) is 12.8 Å². The van der Waals surface area contributed by atoms with Crippen LogP contribution in [0.15, 0.2) is 6.07 Å². The molecule has 2 N–H and O–H groups in total. The highest BCUT2D eigenvalue weighted by Gasteiger charge is 2.36. The van der Waals surface area contributed by atoms with E-state index in [2.05, 4.69) is 27.5 Å². The van der Waals surface area contributed by atoms with Gasteiger partial charge in [-0.2, -0.15) is 0 Å². The Labute approximate surface area is 96.9 Å². The molecule has 0 saturated heterocycles. The van der Waals surface area contributed by atoms with Crippen molar-refractivity contribution >= 4 is 11.6 Å². The van der Waals surface area contributed by atoms with Crippen molar-refractivity contribution in [2.45, 2.75) is 39.2 Å². The lowest BCUT2D eigenvalue weighted by Crippen LogP contribution is -2.08. The molecular formula is C12H20N4. The van der Waals surface area contributed by atoms with E-state index in [1.54, 1.807) is 0 Å². The SMILES string of the molecule is CCCC1CC1Nc1cc(NC)nc(C)n1. The smallest absolute Gasteiger partial charge is 0.132 e. The fourth-order valence-corrected chi connectivity index (χ4v) is 2.07. The summed E-state index contributed by atoms with van der Waals surface area (Å²) in [4.78, 5) is 8.67. The van der Waals surface area contributed by atoms with Crippen LogP contribution in [0.5, 0.6) is 0 Å². The summed E-state index contributed by atoms with van der Waals surface area (Å²) in [5.41, 5.74) is 0. The minimum atomic E-state index is 0.624. The van der Waals surface area contributed by atoms with Gasteiger partial charge in [0.25, 0.3) is 0 Å². The van der Waals surface area contributed by atoms with Crippen LogP contribution in [0.25, 0.3) is 0 Å². The van der Waals surface area contributed by atoms with Crippen LogP contribution >= 0.6 is 0 Å². The molecule has 1 saturated carbocycles. The first kappa shape index (κ1) is 11.2. The van der Waals surface area contributed by atoms with Gasteiger partial charge < -0.3 is 10.6 Å². The van der Waals surface area contributed by atoms with Gasteiger partial charge in [-0.25, -0.2) is 9.97 Å². The number of rotatable bonds is 5. The molecule has 2 rings (SSSR count). The minimum absolute atomic E-state index is 0.624. The number of hydrogen-bond donors (Lipinski definition) is 2. The monoisotopic (exact) mass is 220 g/mol. The van der Waals surface area contributed by atoms with Gasteiger partial charge in [0.05, 0.1) is 0 Å². The first-order valence-electron chi connectivity index (χ1n) is 6.03. The minimum Gasteiger partial charge on any atom is -0.373 e. The second-order valence-electron chi connectivity index (χ2n) is 4.47. The maximum atomic E-state index is 4.39. The number of nitrogens with zero attached hydrogens (tertiary/aromatic N) is 2. The van der Waals surface area contributed by atoms with E-state index >= 15 is 0 Å². The average molecular weight is 220 g/mol. The molecule has 0 radical (unpaired) electrons. The zero-order chi connectivity index (χ0) is 11.5. The maximum absolute atomic E-state index is 4.39. The van der Waals surface area contributed by atoms with E-state index in [-0.39, 0.29) is 0 Å². The molecule has 2 atom stereocenters. The third-order valence-electron chi connectivity index (χ3n) is 3.01. The summed E-state index contributed by atoms with van der Waals surface area (Å²) in [5, 5.41) is 6.52. The molecule has 0 bridgehead atoms. The normalized spacial score (nSPS) is 22.9. The standard InChI is InChI=1S/C12H20N4/c1-4-5-9-6-10(9)16-12-7-11(13-3)14-8(2)15-12/h7,9-10H,4-6H2,1-3H3,(H2,13,14,15,16). The van der Waals surface area contributed by atoms with Crippen molar-refractivity contribution in [3.8, 4) is 0 Å². The van der Waals surface area contributed by atoms with Gasteiger partial charge in [-0.3, -0.25) is 0 Å². The number of aromatic nitrogens is 2. The molecule has 0 aromatic carbocycles. The Kier molecular flexibility index (Phi) is 3.27. The molecular weight excluding hydrogens is 200 g/mol. The highest BCUT2D eigenvalue weighted by atomic mass is 15.1. The summed E-state index contributed by atoms with van der Waals surface area (Å²) in [6.07, 6.45) is 3.87. The van der Waals surface area contributed by atoms with E-state index in [0.29, 0.717) is 6.04 Å². The lowest BCUT2D eigenvalue weighted by atomic mass is 10.2. The molecule has 1 fully saturated rings. The highest BCUT2D eigenvalue weighted by Crippen LogP contribution is 2.37. The van der Waals surface area contributed by atoms with Crippen LogP contribution in [0.1, 0.15) is 32.0 Å². The van der Waals surface area contributed by atoms with Gasteiger partial charge in [-0.1, -0.05) is 13.3 Å². The zero-order valence-electron chi connectivity index (χ0n) is 10.2. The van der Waals surface area contributed by atoms with E-state index in [0.717, 1.165) is 23.4 Å². The summed E-state index contributed by atoms with van der Waals surface area (Å²) in [5.74, 6) is 3.48. The predicted molar refractivity (Wildman–Crippen MR) is 66.7 cm³/mol. The molecule has 16 heavy (non-hydrogen) atoms. The first-order chi connectivity index (χ1) is 7.72. The molecule has 0 aliphatic heterocycles. The van der Waals surface area contributed by atoms with Crippen molar-refractivity contribution in [1.82, 2.24) is 9.97 Å². The van der Waals surface area contributed by atoms with Crippen molar-refractivity contribution in [3.05, 3.63) is 11.9 Å². The van der Waals surface area contributed by atoms with Crippen molar-refractivity contribution in [2.75, 3.05) is 17.7 Å². The Bertz CT molecular complexity index is 364. The molecule has 0 amide bonds. The van der Waals surface area contributed by atoms with Crippen LogP contribution in [0.3, 0.4) is 0 Å². The Morgan fingerprint density at radius 1 is 1.38 bits per heavy atom. The van der Waals surface area contributed by atoms with Crippen LogP contribution in [-0.2, 0) is 0 Å². The molecule has 1 heterocycles. The van der Waals surface area contributed by atoms with Gasteiger partial charge in [0.1, 0.15) is 17.5 Å². The van der Waals surface area contributed by atoms with Gasteiger partial charge in [-0.05, 0) is 25.7 Å². The average Bonchev–Trinajstić information content (AvgIpc) is 2.96. The fraction of sp³-hybridized carbons (Fsp3) is 0.667. The second-order valence-corrected chi connectivity index (χ2v) is 4.47. The Morgan fingerprint density at radius 2 is 2.12 bits per heavy atom. The van der Waals surface area contributed by atoms with Crippen molar-refractivity contribution in [2.24, 2.45) is 5.92 Å². The quantitative estimate of drug-likeness (QED) is 0.800. The van der Waals surface area contributed by atoms with E-state index in [4.69, 9.17) is 0 Å². The van der Waals surface area contributed by atoms with Crippen LogP contribution in [0.4, 0.5) is 11.6 Å². The van der Waals surface area contributed by atoms with E-state index in [1.165, 1.54) is 19.3 Å². The second kappa shape index (κ2) is 4.68. The molecule has 0 spiro atoms. The number of aryl methyl sites for hydroxylation is 1. The van der Waals surface area contributed by atoms with Crippen LogP contribution in [-0.4, -0.2) is 23.1 Å². The first-order valence-corrected chi connectivity index (χ1v) is 6.03. The predicted octanol–water partition coefficient (Wildman–Crippen LogP) is 2.43. The van der Waals surface area contributed by atoms with Gasteiger partial charge >= 0.3 is 0 Å². The molecule has 88 valence electrons. The molecule has 2 unspecified atom stereocenters. The Balaban J connectivity index is 1.97. The van der Waals surface area contributed by atoms with Crippen molar-refractivity contribution in [3.63, 3.8) is 0 Å². The molecule has 4 heteroatoms. The Hall–Kier alpha value is -1.32. The van der Waals surface area contributed by atoms with Gasteiger partial charge in [0.15, 0.2) is 0 Å². The van der Waals surface area contributed by atoms with Crippen LogP contribution < -0.4 is 10.6 Å². The molecule has 1 aromatic rings. The lowest BCUT2D eigenvalue weighted by molar-refractivity contribution is 0.692. The third-order valence-corrected chi connectivity index (χ3v) is 3.01. The van der Waals surface area contributed by atoms with Gasteiger partial charge in [-0.15, -0.1) is 0 Å². The number of nitrogens with one attached hydrogen (secondary N) is 2. The van der Waals surface area contributed by atoms with E-state index in [1.807, 2.05) is 20.0 Å². The summed E-state index contributed by atoms with van der Waals surface area (Å²) >= 11 is 0. The topological polar surface area (TPSA) is 49.8 Å². The van der Waals surface area contributed by atoms with Gasteiger partial charge in [0.2, 0.25) is 0 Å². The number of anilines is 2. The van der Waals surface area contributed by atoms with E-state index < -0.39 is 0 Å². The molecule has 1 aliphatic rings. The number of hydrogen-bond acceptors (Lipinski definition) is 4. The summed E-state index contributed by atoms with van der Waals surface area (Å²) in [6, 6.07) is 2.59. The van der Waals surface area contributed by atoms with E-state index in [9.17, 15) is 0 Å². The van der Waals surface area contributed by atoms with Gasteiger partial charge in [0, 0.05) is 19.2 Å². The summed E-state index contributed by atoms with van der Waals surface area (Å²) in [6.45, 7) is 4.16. The Morgan fingerprint density at radius 3 is 2.81 bits per heavy atom. The summed E-state index contributed by atoms with van der Waals surface area (Å²) < 4.78 is 0. The summed E-state index contributed by atoms with van der Waals surface area (Å²) in [7, 11) is 1.88. The molecule has 4 nitrogen and oxygen atoms in total. The third kappa shape index (κ3) is 2.62. The molecule has 1 aliphatic carbocycles. The van der Waals surface area contributed by atoms with Crippen LogP contribution in [0.2, 0.25) is 0 Å². The maximum Gasteiger partial charge on any atom is 0.132 e. The highest BCUT2D eigenvalue weighted by molar-refractivity contribution is 5.48. The fourth-order valence-electron chi connectivity index (χ4n) is 2.07. The lowest BCUT2D eigenvalue weighted by Gasteiger charge is -2.07. The zero-order valence-corrected chi connectivity index (χ0v) is 10.2. The van der Waals surface area contributed by atoms with Crippen molar-refractivity contribution < 1.29 is 0 Å². The largest absolute Gasteiger partial charge is 0.373 e. The molecule has 1 aromatic heterocycles. The van der Waals surface area contributed by atoms with Crippen molar-refractivity contribution in [1.29, 1.82) is 0 Å².